The number of anilines is 2. The number of benzene rings is 1. The van der Waals surface area contributed by atoms with Crippen molar-refractivity contribution in [2.75, 3.05) is 23.3 Å². The summed E-state index contributed by atoms with van der Waals surface area (Å²) in [5.74, 6) is -0.389. The molecule has 0 unspecified atom stereocenters. The SMILES string of the molecule is Cc1c(Cl)cccc1NC(=O)Cn1c(=O)n(C(C)C)c(=O)c2sc(N3CCCCC3)nc21. The first kappa shape index (κ1) is 22.5. The van der Waals surface area contributed by atoms with Crippen LogP contribution in [0.2, 0.25) is 5.02 Å². The van der Waals surface area contributed by atoms with Crippen LogP contribution in [0.3, 0.4) is 0 Å². The Morgan fingerprint density at radius 2 is 1.94 bits per heavy atom. The van der Waals surface area contributed by atoms with Gasteiger partial charge in [0, 0.05) is 29.8 Å². The molecule has 3 heterocycles. The van der Waals surface area contributed by atoms with Crippen molar-refractivity contribution < 1.29 is 4.79 Å². The summed E-state index contributed by atoms with van der Waals surface area (Å²) >= 11 is 7.45. The molecule has 32 heavy (non-hydrogen) atoms. The summed E-state index contributed by atoms with van der Waals surface area (Å²) in [5.41, 5.74) is 0.693. The van der Waals surface area contributed by atoms with Gasteiger partial charge in [0.25, 0.3) is 5.56 Å². The van der Waals surface area contributed by atoms with E-state index in [9.17, 15) is 14.4 Å². The fourth-order valence-corrected chi connectivity index (χ4v) is 5.17. The largest absolute Gasteiger partial charge is 0.348 e. The van der Waals surface area contributed by atoms with Gasteiger partial charge in [0.2, 0.25) is 5.91 Å². The maximum Gasteiger partial charge on any atom is 0.333 e. The molecule has 10 heteroatoms. The van der Waals surface area contributed by atoms with Crippen LogP contribution in [-0.2, 0) is 11.3 Å². The third kappa shape index (κ3) is 4.19. The first-order valence-electron chi connectivity index (χ1n) is 10.7. The van der Waals surface area contributed by atoms with Crippen LogP contribution in [0.15, 0.2) is 27.8 Å². The average molecular weight is 476 g/mol. The molecule has 2 aromatic heterocycles. The van der Waals surface area contributed by atoms with Gasteiger partial charge >= 0.3 is 5.69 Å². The third-order valence-electron chi connectivity index (χ3n) is 5.69. The lowest BCUT2D eigenvalue weighted by atomic mass is 10.1. The van der Waals surface area contributed by atoms with Crippen LogP contribution in [0, 0.1) is 6.92 Å². The highest BCUT2D eigenvalue weighted by molar-refractivity contribution is 7.22. The molecule has 1 aliphatic rings. The van der Waals surface area contributed by atoms with Crippen LogP contribution in [0.5, 0.6) is 0 Å². The number of nitrogens with one attached hydrogen (secondary N) is 1. The normalized spacial score (nSPS) is 14.3. The molecule has 1 fully saturated rings. The summed E-state index contributed by atoms with van der Waals surface area (Å²) in [6.45, 7) is 6.86. The molecular weight excluding hydrogens is 450 g/mol. The van der Waals surface area contributed by atoms with E-state index in [1.54, 1.807) is 32.0 Å². The van der Waals surface area contributed by atoms with E-state index in [1.165, 1.54) is 26.9 Å². The van der Waals surface area contributed by atoms with Crippen molar-refractivity contribution >= 4 is 50.0 Å². The molecule has 0 radical (unpaired) electrons. The van der Waals surface area contributed by atoms with Crippen molar-refractivity contribution in [3.63, 3.8) is 0 Å². The number of piperidine rings is 1. The van der Waals surface area contributed by atoms with Crippen LogP contribution < -0.4 is 21.5 Å². The smallest absolute Gasteiger partial charge is 0.333 e. The standard InChI is InChI=1S/C22H26ClN5O3S/c1-13(2)28-20(30)18-19(25-21(32-18)26-10-5-4-6-11-26)27(22(28)31)12-17(29)24-16-9-7-8-15(23)14(16)3/h7-9,13H,4-6,10-12H2,1-3H3,(H,24,29). The number of carbonyl (C=O) groups excluding carboxylic acids is 1. The van der Waals surface area contributed by atoms with Gasteiger partial charge in [-0.05, 0) is 57.7 Å². The Morgan fingerprint density at radius 3 is 2.62 bits per heavy atom. The molecule has 1 N–H and O–H groups in total. The average Bonchev–Trinajstić information content (AvgIpc) is 3.21. The zero-order chi connectivity index (χ0) is 23.0. The van der Waals surface area contributed by atoms with E-state index in [0.29, 0.717) is 15.4 Å². The fraction of sp³-hybridized carbons (Fsp3) is 0.455. The van der Waals surface area contributed by atoms with Crippen LogP contribution in [0.25, 0.3) is 10.3 Å². The number of halogens is 1. The van der Waals surface area contributed by atoms with Crippen LogP contribution >= 0.6 is 22.9 Å². The topological polar surface area (TPSA) is 89.2 Å². The molecule has 3 aromatic rings. The molecule has 8 nitrogen and oxygen atoms in total. The van der Waals surface area contributed by atoms with E-state index in [0.717, 1.165) is 36.6 Å². The number of amides is 1. The first-order chi connectivity index (χ1) is 15.3. The van der Waals surface area contributed by atoms with Gasteiger partial charge in [-0.1, -0.05) is 29.0 Å². The van der Waals surface area contributed by atoms with E-state index in [-0.39, 0.29) is 29.7 Å². The van der Waals surface area contributed by atoms with Gasteiger partial charge < -0.3 is 10.2 Å². The van der Waals surface area contributed by atoms with Gasteiger partial charge in [-0.25, -0.2) is 9.78 Å². The Morgan fingerprint density at radius 1 is 1.22 bits per heavy atom. The lowest BCUT2D eigenvalue weighted by molar-refractivity contribution is -0.116. The molecular formula is C22H26ClN5O3S. The molecule has 1 aromatic carbocycles. The summed E-state index contributed by atoms with van der Waals surface area (Å²) in [4.78, 5) is 46.0. The highest BCUT2D eigenvalue weighted by Gasteiger charge is 2.23. The van der Waals surface area contributed by atoms with Gasteiger partial charge in [0.1, 0.15) is 11.2 Å². The van der Waals surface area contributed by atoms with Gasteiger partial charge in [-0.15, -0.1) is 0 Å². The van der Waals surface area contributed by atoms with Crippen LogP contribution in [-0.4, -0.2) is 33.1 Å². The van der Waals surface area contributed by atoms with E-state index in [1.807, 2.05) is 6.92 Å². The summed E-state index contributed by atoms with van der Waals surface area (Å²) in [6.07, 6.45) is 3.32. The van der Waals surface area contributed by atoms with E-state index >= 15 is 0 Å². The maximum absolute atomic E-state index is 13.2. The van der Waals surface area contributed by atoms with Crippen molar-refractivity contribution in [1.29, 1.82) is 0 Å². The maximum atomic E-state index is 13.2. The van der Waals surface area contributed by atoms with Gasteiger partial charge in [-0.2, -0.15) is 0 Å². The lowest BCUT2D eigenvalue weighted by Crippen LogP contribution is -2.42. The van der Waals surface area contributed by atoms with Gasteiger partial charge in [0.15, 0.2) is 10.8 Å². The molecule has 0 aliphatic carbocycles. The minimum atomic E-state index is -0.536. The summed E-state index contributed by atoms with van der Waals surface area (Å²) in [5, 5.41) is 4.08. The molecule has 0 atom stereocenters. The Bertz CT molecular complexity index is 1290. The number of hydrogen-bond acceptors (Lipinski definition) is 6. The monoisotopic (exact) mass is 475 g/mol. The quantitative estimate of drug-likeness (QED) is 0.606. The van der Waals surface area contributed by atoms with Crippen LogP contribution in [0.1, 0.15) is 44.7 Å². The summed E-state index contributed by atoms with van der Waals surface area (Å²) < 4.78 is 2.89. The van der Waals surface area contributed by atoms with Crippen molar-refractivity contribution in [1.82, 2.24) is 14.1 Å². The molecule has 1 aliphatic heterocycles. The summed E-state index contributed by atoms with van der Waals surface area (Å²) in [7, 11) is 0. The molecule has 0 spiro atoms. The molecule has 1 saturated heterocycles. The predicted octanol–water partition coefficient (Wildman–Crippen LogP) is 3.79. The van der Waals surface area contributed by atoms with Crippen molar-refractivity contribution in [2.24, 2.45) is 0 Å². The zero-order valence-electron chi connectivity index (χ0n) is 18.4. The predicted molar refractivity (Wildman–Crippen MR) is 129 cm³/mol. The second-order valence-corrected chi connectivity index (χ2v) is 9.68. The minimum Gasteiger partial charge on any atom is -0.348 e. The van der Waals surface area contributed by atoms with Gasteiger partial charge in [-0.3, -0.25) is 18.7 Å². The molecule has 4 rings (SSSR count). The van der Waals surface area contributed by atoms with Crippen molar-refractivity contribution in [3.05, 3.63) is 49.6 Å². The first-order valence-corrected chi connectivity index (χ1v) is 11.9. The molecule has 170 valence electrons. The van der Waals surface area contributed by atoms with Crippen molar-refractivity contribution in [3.8, 4) is 0 Å². The van der Waals surface area contributed by atoms with Crippen LogP contribution in [0.4, 0.5) is 10.8 Å². The summed E-state index contributed by atoms with van der Waals surface area (Å²) in [6, 6.07) is 4.91. The minimum absolute atomic E-state index is 0.253. The van der Waals surface area contributed by atoms with E-state index in [2.05, 4.69) is 15.2 Å². The number of carbonyl (C=O) groups is 1. The Hall–Kier alpha value is -2.65. The lowest BCUT2D eigenvalue weighted by Gasteiger charge is -2.25. The molecule has 0 bridgehead atoms. The Labute approximate surface area is 194 Å². The number of fused-ring (bicyclic) bond motifs is 1. The second-order valence-electron chi connectivity index (χ2n) is 8.30. The van der Waals surface area contributed by atoms with Crippen molar-refractivity contribution in [2.45, 2.75) is 52.6 Å². The number of rotatable bonds is 5. The highest BCUT2D eigenvalue weighted by Crippen LogP contribution is 2.28. The Kier molecular flexibility index (Phi) is 6.39. The number of aromatic nitrogens is 3. The van der Waals surface area contributed by atoms with Gasteiger partial charge in [0.05, 0.1) is 0 Å². The van der Waals surface area contributed by atoms with E-state index < -0.39 is 5.69 Å². The second kappa shape index (κ2) is 9.07. The zero-order valence-corrected chi connectivity index (χ0v) is 19.9. The fourth-order valence-electron chi connectivity index (χ4n) is 3.93. The molecule has 0 saturated carbocycles. The Balaban J connectivity index is 1.77. The van der Waals surface area contributed by atoms with E-state index in [4.69, 9.17) is 11.6 Å². The highest BCUT2D eigenvalue weighted by atomic mass is 35.5. The number of hydrogen-bond donors (Lipinski definition) is 1. The number of nitrogens with zero attached hydrogens (tertiary/aromatic N) is 4. The number of thiazole rings is 1. The molecule has 1 amide bonds. The third-order valence-corrected chi connectivity index (χ3v) is 7.19.